The first kappa shape index (κ1) is 18.8. The number of ether oxygens (including phenoxy) is 1. The van der Waals surface area contributed by atoms with Crippen LogP contribution in [0.1, 0.15) is 24.0 Å². The summed E-state index contributed by atoms with van der Waals surface area (Å²) in [7, 11) is -3.53. The number of esters is 1. The van der Waals surface area contributed by atoms with Gasteiger partial charge < -0.3 is 4.74 Å². The molecule has 0 spiro atoms. The summed E-state index contributed by atoms with van der Waals surface area (Å²) >= 11 is 0. The molecule has 7 heteroatoms. The van der Waals surface area contributed by atoms with E-state index >= 15 is 0 Å². The van der Waals surface area contributed by atoms with Gasteiger partial charge in [-0.1, -0.05) is 48.5 Å². The largest absolute Gasteiger partial charge is 0.461 e. The molecular formula is C20H20N2O4S. The fourth-order valence-corrected chi connectivity index (χ4v) is 3.88. The Morgan fingerprint density at radius 3 is 2.63 bits per heavy atom. The smallest absolute Gasteiger partial charge is 0.306 e. The molecule has 27 heavy (non-hydrogen) atoms. The number of rotatable bonds is 7. The average molecular weight is 384 g/mol. The molecule has 0 aliphatic carbocycles. The molecular weight excluding hydrogens is 364 g/mol. The van der Waals surface area contributed by atoms with Gasteiger partial charge in [0.1, 0.15) is 12.4 Å². The SMILES string of the molecule is O=C(CCCN=C1NS(=O)(=O)c2ccccc21)OC/C=C/c1ccccc1. The number of sulfonamides is 1. The Morgan fingerprint density at radius 1 is 1.07 bits per heavy atom. The van der Waals surface area contributed by atoms with Crippen LogP contribution in [-0.2, 0) is 19.6 Å². The second kappa shape index (κ2) is 8.64. The zero-order valence-electron chi connectivity index (χ0n) is 14.7. The van der Waals surface area contributed by atoms with Crippen LogP contribution < -0.4 is 4.72 Å². The minimum Gasteiger partial charge on any atom is -0.461 e. The summed E-state index contributed by atoms with van der Waals surface area (Å²) in [5.41, 5.74) is 1.61. The van der Waals surface area contributed by atoms with Gasteiger partial charge in [0.15, 0.2) is 0 Å². The van der Waals surface area contributed by atoms with Crippen molar-refractivity contribution in [2.45, 2.75) is 17.7 Å². The summed E-state index contributed by atoms with van der Waals surface area (Å²) in [6, 6.07) is 16.4. The zero-order valence-corrected chi connectivity index (χ0v) is 15.5. The van der Waals surface area contributed by atoms with Crippen molar-refractivity contribution in [3.8, 4) is 0 Å². The van der Waals surface area contributed by atoms with E-state index in [1.165, 1.54) is 0 Å². The first-order valence-corrected chi connectivity index (χ1v) is 10.1. The Bertz CT molecular complexity index is 966. The molecule has 2 aromatic carbocycles. The highest BCUT2D eigenvalue weighted by Crippen LogP contribution is 2.22. The molecule has 3 rings (SSSR count). The van der Waals surface area contributed by atoms with Gasteiger partial charge in [-0.25, -0.2) is 8.42 Å². The Labute approximate surface area is 158 Å². The maximum Gasteiger partial charge on any atom is 0.306 e. The monoisotopic (exact) mass is 384 g/mol. The third kappa shape index (κ3) is 5.04. The summed E-state index contributed by atoms with van der Waals surface area (Å²) in [4.78, 5) is 16.2. The van der Waals surface area contributed by atoms with Crippen molar-refractivity contribution in [1.82, 2.24) is 4.72 Å². The summed E-state index contributed by atoms with van der Waals surface area (Å²) in [6.45, 7) is 0.552. The topological polar surface area (TPSA) is 84.8 Å². The number of carbonyl (C=O) groups is 1. The summed E-state index contributed by atoms with van der Waals surface area (Å²) in [6.07, 6.45) is 4.39. The van der Waals surface area contributed by atoms with E-state index in [1.807, 2.05) is 36.4 Å². The van der Waals surface area contributed by atoms with Gasteiger partial charge in [0.2, 0.25) is 0 Å². The highest BCUT2D eigenvalue weighted by Gasteiger charge is 2.29. The molecule has 1 heterocycles. The molecule has 140 valence electrons. The lowest BCUT2D eigenvalue weighted by molar-refractivity contribution is -0.142. The molecule has 2 aromatic rings. The highest BCUT2D eigenvalue weighted by atomic mass is 32.2. The van der Waals surface area contributed by atoms with Crippen molar-refractivity contribution >= 4 is 27.9 Å². The van der Waals surface area contributed by atoms with Gasteiger partial charge in [0.05, 0.1) is 4.90 Å². The fourth-order valence-electron chi connectivity index (χ4n) is 2.63. The van der Waals surface area contributed by atoms with E-state index in [2.05, 4.69) is 9.71 Å². The van der Waals surface area contributed by atoms with Crippen molar-refractivity contribution in [3.63, 3.8) is 0 Å². The lowest BCUT2D eigenvalue weighted by Gasteiger charge is -2.02. The average Bonchev–Trinajstić information content (AvgIpc) is 2.94. The number of benzene rings is 2. The van der Waals surface area contributed by atoms with Gasteiger partial charge in [-0.3, -0.25) is 14.5 Å². The van der Waals surface area contributed by atoms with Crippen LogP contribution in [0.25, 0.3) is 6.08 Å². The van der Waals surface area contributed by atoms with Gasteiger partial charge >= 0.3 is 5.97 Å². The van der Waals surface area contributed by atoms with Crippen LogP contribution in [0.2, 0.25) is 0 Å². The molecule has 6 nitrogen and oxygen atoms in total. The fraction of sp³-hybridized carbons (Fsp3) is 0.200. The molecule has 1 aliphatic heterocycles. The van der Waals surface area contributed by atoms with Gasteiger partial charge in [0, 0.05) is 18.5 Å². The number of carbonyl (C=O) groups excluding carboxylic acids is 1. The van der Waals surface area contributed by atoms with E-state index in [0.29, 0.717) is 24.4 Å². The molecule has 0 atom stereocenters. The lowest BCUT2D eigenvalue weighted by atomic mass is 10.2. The zero-order chi connectivity index (χ0) is 19.1. The van der Waals surface area contributed by atoms with E-state index in [1.54, 1.807) is 30.3 Å². The van der Waals surface area contributed by atoms with Crippen LogP contribution in [-0.4, -0.2) is 33.4 Å². The third-order valence-electron chi connectivity index (χ3n) is 3.92. The predicted molar refractivity (Wildman–Crippen MR) is 104 cm³/mol. The van der Waals surface area contributed by atoms with Gasteiger partial charge in [-0.15, -0.1) is 0 Å². The normalized spacial score (nSPS) is 16.2. The van der Waals surface area contributed by atoms with Crippen molar-refractivity contribution in [3.05, 3.63) is 71.8 Å². The maximum absolute atomic E-state index is 12.0. The van der Waals surface area contributed by atoms with Crippen molar-refractivity contribution in [1.29, 1.82) is 0 Å². The molecule has 1 aliphatic rings. The second-order valence-corrected chi connectivity index (χ2v) is 7.58. The van der Waals surface area contributed by atoms with Crippen LogP contribution in [0.3, 0.4) is 0 Å². The van der Waals surface area contributed by atoms with Crippen LogP contribution in [0, 0.1) is 0 Å². The number of nitrogens with zero attached hydrogens (tertiary/aromatic N) is 1. The van der Waals surface area contributed by atoms with Crippen LogP contribution in [0.4, 0.5) is 0 Å². The Balaban J connectivity index is 1.42. The van der Waals surface area contributed by atoms with Crippen LogP contribution in [0.15, 0.2) is 70.6 Å². The van der Waals surface area contributed by atoms with E-state index in [0.717, 1.165) is 5.56 Å². The van der Waals surface area contributed by atoms with E-state index in [-0.39, 0.29) is 23.9 Å². The number of amidine groups is 1. The van der Waals surface area contributed by atoms with Crippen LogP contribution in [0.5, 0.6) is 0 Å². The predicted octanol–water partition coefficient (Wildman–Crippen LogP) is 2.76. The van der Waals surface area contributed by atoms with Gasteiger partial charge in [-0.2, -0.15) is 0 Å². The minimum atomic E-state index is -3.53. The Hall–Kier alpha value is -2.93. The quantitative estimate of drug-likeness (QED) is 0.588. The highest BCUT2D eigenvalue weighted by molar-refractivity contribution is 7.90. The Morgan fingerprint density at radius 2 is 1.81 bits per heavy atom. The third-order valence-corrected chi connectivity index (χ3v) is 5.32. The minimum absolute atomic E-state index is 0.218. The summed E-state index contributed by atoms with van der Waals surface area (Å²) in [5.74, 6) is 0.0186. The van der Waals surface area contributed by atoms with Crippen LogP contribution >= 0.6 is 0 Å². The summed E-state index contributed by atoms with van der Waals surface area (Å²) in [5, 5.41) is 0. The first-order valence-electron chi connectivity index (χ1n) is 8.60. The van der Waals surface area contributed by atoms with E-state index < -0.39 is 10.0 Å². The molecule has 0 radical (unpaired) electrons. The maximum atomic E-state index is 12.0. The molecule has 1 N–H and O–H groups in total. The number of hydrogen-bond donors (Lipinski definition) is 1. The molecule has 0 unspecified atom stereocenters. The van der Waals surface area contributed by atoms with Gasteiger partial charge in [0.25, 0.3) is 10.0 Å². The second-order valence-electron chi connectivity index (χ2n) is 5.93. The standard InChI is InChI=1S/C20H20N2O4S/c23-19(26-15-7-10-16-8-2-1-3-9-16)13-6-14-21-20-17-11-4-5-12-18(17)27(24,25)22-20/h1-5,7-12H,6,13-15H2,(H,21,22)/b10-7+. The summed E-state index contributed by atoms with van der Waals surface area (Å²) < 4.78 is 31.5. The Kier molecular flexibility index (Phi) is 6.03. The van der Waals surface area contributed by atoms with Gasteiger partial charge in [-0.05, 0) is 30.2 Å². The molecule has 0 fully saturated rings. The van der Waals surface area contributed by atoms with Crippen molar-refractivity contribution in [2.75, 3.05) is 13.2 Å². The number of aliphatic imine (C=N–C) groups is 1. The molecule has 0 aromatic heterocycles. The molecule has 0 bridgehead atoms. The molecule has 0 saturated heterocycles. The molecule has 0 saturated carbocycles. The first-order chi connectivity index (χ1) is 13.1. The van der Waals surface area contributed by atoms with Crippen molar-refractivity contribution < 1.29 is 17.9 Å². The number of hydrogen-bond acceptors (Lipinski definition) is 5. The van der Waals surface area contributed by atoms with E-state index in [4.69, 9.17) is 4.74 Å². The number of nitrogens with one attached hydrogen (secondary N) is 1. The lowest BCUT2D eigenvalue weighted by Crippen LogP contribution is -2.22. The number of fused-ring (bicyclic) bond motifs is 1. The molecule has 0 amide bonds. The van der Waals surface area contributed by atoms with Crippen molar-refractivity contribution in [2.24, 2.45) is 4.99 Å². The van der Waals surface area contributed by atoms with E-state index in [9.17, 15) is 13.2 Å².